The predicted octanol–water partition coefficient (Wildman–Crippen LogP) is 0.619. The third kappa shape index (κ3) is 3.89. The Bertz CT molecular complexity index is 481. The van der Waals surface area contributed by atoms with E-state index in [4.69, 9.17) is 4.74 Å². The average molecular weight is 324 g/mol. The number of imide groups is 1. The third-order valence-electron chi connectivity index (χ3n) is 4.50. The molecule has 1 heterocycles. The van der Waals surface area contributed by atoms with Gasteiger partial charge in [0.15, 0.2) is 6.10 Å². The van der Waals surface area contributed by atoms with Gasteiger partial charge in [0.25, 0.3) is 5.91 Å². The molecule has 2 fully saturated rings. The molecular formula is C16H24N2O5. The molecule has 1 aliphatic heterocycles. The second-order valence-electron chi connectivity index (χ2n) is 6.10. The van der Waals surface area contributed by atoms with Crippen LogP contribution in [-0.4, -0.2) is 47.8 Å². The number of hydrogen-bond acceptors (Lipinski definition) is 5. The van der Waals surface area contributed by atoms with E-state index in [9.17, 15) is 19.2 Å². The lowest BCUT2D eigenvalue weighted by atomic mass is 9.81. The Morgan fingerprint density at radius 3 is 2.30 bits per heavy atom. The van der Waals surface area contributed by atoms with Gasteiger partial charge >= 0.3 is 5.97 Å². The van der Waals surface area contributed by atoms with Gasteiger partial charge in [-0.2, -0.15) is 0 Å². The number of rotatable bonds is 6. The van der Waals surface area contributed by atoms with Crippen LogP contribution in [0.25, 0.3) is 0 Å². The average Bonchev–Trinajstić information content (AvgIpc) is 2.77. The summed E-state index contributed by atoms with van der Waals surface area (Å²) in [5.41, 5.74) is 0. The summed E-state index contributed by atoms with van der Waals surface area (Å²) in [6, 6.07) is 0. The van der Waals surface area contributed by atoms with Crippen LogP contribution in [0.2, 0.25) is 0 Å². The smallest absolute Gasteiger partial charge is 0.308 e. The number of fused-ring (bicyclic) bond motifs is 1. The Morgan fingerprint density at radius 2 is 1.78 bits per heavy atom. The quantitative estimate of drug-likeness (QED) is 0.571. The standard InChI is InChI=1S/C16H24N2O5/c1-3-17-14(20)10(2)23-13(19)8-9-18-15(21)11-6-4-5-7-12(11)16(18)22/h10-12H,3-9H2,1-2H3,(H,17,20)/t10-,11-,12+/m0/s1. The molecule has 1 aliphatic carbocycles. The number of likely N-dealkylation sites (N-methyl/N-ethyl adjacent to an activating group) is 1. The zero-order valence-electron chi connectivity index (χ0n) is 13.7. The first-order valence-corrected chi connectivity index (χ1v) is 8.28. The minimum atomic E-state index is -0.880. The summed E-state index contributed by atoms with van der Waals surface area (Å²) in [5, 5.41) is 2.56. The first-order valence-electron chi connectivity index (χ1n) is 8.28. The Kier molecular flexibility index (Phi) is 5.74. The minimum absolute atomic E-state index is 0.0334. The summed E-state index contributed by atoms with van der Waals surface area (Å²) in [7, 11) is 0. The van der Waals surface area contributed by atoms with E-state index in [2.05, 4.69) is 5.32 Å². The second kappa shape index (κ2) is 7.57. The summed E-state index contributed by atoms with van der Waals surface area (Å²) in [4.78, 5) is 49.0. The van der Waals surface area contributed by atoms with E-state index in [1.54, 1.807) is 6.92 Å². The second-order valence-corrected chi connectivity index (χ2v) is 6.10. The largest absolute Gasteiger partial charge is 0.452 e. The predicted molar refractivity (Wildman–Crippen MR) is 81.0 cm³/mol. The zero-order valence-corrected chi connectivity index (χ0v) is 13.7. The van der Waals surface area contributed by atoms with Gasteiger partial charge in [-0.05, 0) is 26.7 Å². The number of carbonyl (C=O) groups excluding carboxylic acids is 4. The lowest BCUT2D eigenvalue weighted by Gasteiger charge is -2.19. The van der Waals surface area contributed by atoms with Gasteiger partial charge in [0.1, 0.15) is 0 Å². The first-order chi connectivity index (χ1) is 11.0. The van der Waals surface area contributed by atoms with E-state index < -0.39 is 12.1 Å². The van der Waals surface area contributed by atoms with Crippen molar-refractivity contribution in [2.75, 3.05) is 13.1 Å². The Balaban J connectivity index is 1.83. The fraction of sp³-hybridized carbons (Fsp3) is 0.750. The molecule has 0 aromatic heterocycles. The van der Waals surface area contributed by atoms with E-state index in [0.717, 1.165) is 25.7 Å². The highest BCUT2D eigenvalue weighted by Crippen LogP contribution is 2.37. The van der Waals surface area contributed by atoms with Crippen LogP contribution >= 0.6 is 0 Å². The summed E-state index contributed by atoms with van der Waals surface area (Å²) in [6.07, 6.45) is 2.49. The highest BCUT2D eigenvalue weighted by atomic mass is 16.5. The van der Waals surface area contributed by atoms with Crippen molar-refractivity contribution < 1.29 is 23.9 Å². The molecule has 1 saturated carbocycles. The Hall–Kier alpha value is -1.92. The van der Waals surface area contributed by atoms with Gasteiger partial charge < -0.3 is 10.1 Å². The van der Waals surface area contributed by atoms with E-state index in [0.29, 0.717) is 6.54 Å². The first kappa shape index (κ1) is 17.4. The van der Waals surface area contributed by atoms with Crippen LogP contribution in [0.3, 0.4) is 0 Å². The van der Waals surface area contributed by atoms with Gasteiger partial charge in [0.05, 0.1) is 18.3 Å². The molecule has 2 aliphatic rings. The fourth-order valence-electron chi connectivity index (χ4n) is 3.28. The number of nitrogens with zero attached hydrogens (tertiary/aromatic N) is 1. The highest BCUT2D eigenvalue weighted by Gasteiger charge is 2.47. The molecular weight excluding hydrogens is 300 g/mol. The van der Waals surface area contributed by atoms with Crippen LogP contribution in [0.4, 0.5) is 0 Å². The molecule has 0 aromatic carbocycles. The lowest BCUT2D eigenvalue weighted by molar-refractivity contribution is -0.155. The van der Waals surface area contributed by atoms with Crippen molar-refractivity contribution in [2.45, 2.75) is 52.1 Å². The molecule has 0 bridgehead atoms. The molecule has 2 rings (SSSR count). The van der Waals surface area contributed by atoms with Crippen molar-refractivity contribution in [1.29, 1.82) is 0 Å². The van der Waals surface area contributed by atoms with Gasteiger partial charge in [-0.25, -0.2) is 0 Å². The van der Waals surface area contributed by atoms with Gasteiger partial charge in [-0.1, -0.05) is 12.8 Å². The normalized spacial score (nSPS) is 25.0. The van der Waals surface area contributed by atoms with Crippen molar-refractivity contribution in [3.8, 4) is 0 Å². The van der Waals surface area contributed by atoms with Crippen molar-refractivity contribution in [2.24, 2.45) is 11.8 Å². The number of likely N-dealkylation sites (tertiary alicyclic amines) is 1. The van der Waals surface area contributed by atoms with E-state index in [1.807, 2.05) is 0 Å². The van der Waals surface area contributed by atoms with E-state index in [1.165, 1.54) is 11.8 Å². The molecule has 0 spiro atoms. The molecule has 23 heavy (non-hydrogen) atoms. The molecule has 128 valence electrons. The Morgan fingerprint density at radius 1 is 1.22 bits per heavy atom. The molecule has 7 nitrogen and oxygen atoms in total. The van der Waals surface area contributed by atoms with Crippen molar-refractivity contribution >= 4 is 23.7 Å². The minimum Gasteiger partial charge on any atom is -0.452 e. The maximum absolute atomic E-state index is 12.3. The van der Waals surface area contributed by atoms with Crippen molar-refractivity contribution in [1.82, 2.24) is 10.2 Å². The number of carbonyl (C=O) groups is 4. The van der Waals surface area contributed by atoms with Gasteiger partial charge in [-0.3, -0.25) is 24.1 Å². The fourth-order valence-corrected chi connectivity index (χ4v) is 3.28. The monoisotopic (exact) mass is 324 g/mol. The van der Waals surface area contributed by atoms with Crippen LogP contribution in [-0.2, 0) is 23.9 Å². The van der Waals surface area contributed by atoms with Crippen LogP contribution in [0.15, 0.2) is 0 Å². The van der Waals surface area contributed by atoms with Crippen molar-refractivity contribution in [3.05, 3.63) is 0 Å². The van der Waals surface area contributed by atoms with Crippen LogP contribution < -0.4 is 5.32 Å². The lowest BCUT2D eigenvalue weighted by Crippen LogP contribution is -2.37. The molecule has 1 N–H and O–H groups in total. The van der Waals surface area contributed by atoms with E-state index >= 15 is 0 Å². The summed E-state index contributed by atoms with van der Waals surface area (Å²) < 4.78 is 5.01. The SMILES string of the molecule is CCNC(=O)[C@H](C)OC(=O)CCN1C(=O)[C@H]2CCCC[C@H]2C1=O. The van der Waals surface area contributed by atoms with Gasteiger partial charge in [0.2, 0.25) is 11.8 Å². The molecule has 0 unspecified atom stereocenters. The zero-order chi connectivity index (χ0) is 17.0. The van der Waals surface area contributed by atoms with E-state index in [-0.39, 0.29) is 42.5 Å². The van der Waals surface area contributed by atoms with Gasteiger partial charge in [-0.15, -0.1) is 0 Å². The summed E-state index contributed by atoms with van der Waals surface area (Å²) in [6.45, 7) is 3.76. The molecule has 7 heteroatoms. The number of nitrogens with one attached hydrogen (secondary N) is 1. The maximum atomic E-state index is 12.3. The molecule has 1 saturated heterocycles. The molecule has 3 amide bonds. The van der Waals surface area contributed by atoms with Crippen LogP contribution in [0.5, 0.6) is 0 Å². The highest BCUT2D eigenvalue weighted by molar-refractivity contribution is 6.05. The third-order valence-corrected chi connectivity index (χ3v) is 4.50. The number of ether oxygens (including phenoxy) is 1. The van der Waals surface area contributed by atoms with Crippen LogP contribution in [0, 0.1) is 11.8 Å². The maximum Gasteiger partial charge on any atom is 0.308 e. The Labute approximate surface area is 135 Å². The van der Waals surface area contributed by atoms with Crippen LogP contribution in [0.1, 0.15) is 46.0 Å². The number of hydrogen-bond donors (Lipinski definition) is 1. The molecule has 0 radical (unpaired) electrons. The molecule has 0 aromatic rings. The topological polar surface area (TPSA) is 92.8 Å². The number of amides is 3. The van der Waals surface area contributed by atoms with Gasteiger partial charge in [0, 0.05) is 13.1 Å². The summed E-state index contributed by atoms with van der Waals surface area (Å²) in [5.74, 6) is -1.68. The molecule has 3 atom stereocenters. The summed E-state index contributed by atoms with van der Waals surface area (Å²) >= 11 is 0. The van der Waals surface area contributed by atoms with Crippen molar-refractivity contribution in [3.63, 3.8) is 0 Å². The number of esters is 1.